The minimum Gasteiger partial charge on any atom is -0.352 e. The molecule has 2 aromatic carbocycles. The molecule has 1 saturated heterocycles. The number of aryl methyl sites for hydroxylation is 2. The Morgan fingerprint density at radius 2 is 1.67 bits per heavy atom. The summed E-state index contributed by atoms with van der Waals surface area (Å²) in [6, 6.07) is 12.6. The third-order valence-corrected chi connectivity index (χ3v) is 7.79. The Bertz CT molecular complexity index is 1120. The second kappa shape index (κ2) is 10.5. The molecule has 2 N–H and O–H groups in total. The van der Waals surface area contributed by atoms with E-state index in [9.17, 15) is 18.0 Å². The van der Waals surface area contributed by atoms with Gasteiger partial charge in [0.1, 0.15) is 0 Å². The number of hydrogen-bond donors (Lipinski definition) is 2. The van der Waals surface area contributed by atoms with Crippen LogP contribution in [0.25, 0.3) is 0 Å². The summed E-state index contributed by atoms with van der Waals surface area (Å²) in [4.78, 5) is 26.9. The minimum absolute atomic E-state index is 0.0252. The lowest BCUT2D eigenvalue weighted by Crippen LogP contribution is -2.31. The molecule has 1 fully saturated rings. The largest absolute Gasteiger partial charge is 0.352 e. The van der Waals surface area contributed by atoms with Crippen LogP contribution in [0, 0.1) is 0 Å². The van der Waals surface area contributed by atoms with Crippen LogP contribution < -0.4 is 10.0 Å². The van der Waals surface area contributed by atoms with Crippen molar-refractivity contribution in [3.05, 3.63) is 64.7 Å². The molecule has 4 rings (SSSR count). The minimum atomic E-state index is -3.65. The molecule has 0 aromatic heterocycles. The van der Waals surface area contributed by atoms with Crippen LogP contribution in [0.3, 0.4) is 0 Å². The molecule has 1 heterocycles. The standard InChI is InChI=1S/C25H31N3O4S/c29-24(26-18-19-6-5-9-22(16-19)25(30)28-14-3-4-15-28)12-13-27-33(31,32)23-11-10-20-7-1-2-8-21(20)17-23/h5-6,9-11,16-17,27H,1-4,7-8,12-15,18H2,(H,26,29). The summed E-state index contributed by atoms with van der Waals surface area (Å²) in [6.07, 6.45) is 6.25. The van der Waals surface area contributed by atoms with Crippen LogP contribution in [-0.4, -0.2) is 44.8 Å². The fourth-order valence-electron chi connectivity index (χ4n) is 4.47. The first kappa shape index (κ1) is 23.4. The van der Waals surface area contributed by atoms with Gasteiger partial charge in [-0.15, -0.1) is 0 Å². The van der Waals surface area contributed by atoms with E-state index in [1.807, 2.05) is 23.1 Å². The van der Waals surface area contributed by atoms with Gasteiger partial charge in [-0.25, -0.2) is 13.1 Å². The van der Waals surface area contributed by atoms with Crippen LogP contribution in [0.4, 0.5) is 0 Å². The highest BCUT2D eigenvalue weighted by Gasteiger charge is 2.20. The van der Waals surface area contributed by atoms with Crippen LogP contribution in [-0.2, 0) is 34.2 Å². The molecule has 1 aliphatic carbocycles. The summed E-state index contributed by atoms with van der Waals surface area (Å²) in [5.74, 6) is -0.225. The van der Waals surface area contributed by atoms with Crippen molar-refractivity contribution in [2.24, 2.45) is 0 Å². The molecule has 0 bridgehead atoms. The van der Waals surface area contributed by atoms with E-state index in [0.717, 1.165) is 62.7 Å². The van der Waals surface area contributed by atoms with Crippen molar-refractivity contribution in [2.45, 2.75) is 56.4 Å². The fourth-order valence-corrected chi connectivity index (χ4v) is 5.55. The van der Waals surface area contributed by atoms with E-state index in [-0.39, 0.29) is 36.2 Å². The van der Waals surface area contributed by atoms with Gasteiger partial charge in [-0.3, -0.25) is 9.59 Å². The highest BCUT2D eigenvalue weighted by Crippen LogP contribution is 2.24. The molecule has 176 valence electrons. The number of nitrogens with zero attached hydrogens (tertiary/aromatic N) is 1. The summed E-state index contributed by atoms with van der Waals surface area (Å²) in [5, 5.41) is 2.80. The maximum absolute atomic E-state index is 12.6. The third kappa shape index (κ3) is 6.00. The number of nitrogens with one attached hydrogen (secondary N) is 2. The molecule has 2 aromatic rings. The van der Waals surface area contributed by atoms with Crippen molar-refractivity contribution >= 4 is 21.8 Å². The van der Waals surface area contributed by atoms with Gasteiger partial charge < -0.3 is 10.2 Å². The van der Waals surface area contributed by atoms with E-state index in [1.54, 1.807) is 24.3 Å². The quantitative estimate of drug-likeness (QED) is 0.622. The average molecular weight is 470 g/mol. The Morgan fingerprint density at radius 1 is 0.909 bits per heavy atom. The number of carbonyl (C=O) groups excluding carboxylic acids is 2. The summed E-state index contributed by atoms with van der Waals surface area (Å²) >= 11 is 0. The molecule has 2 aliphatic rings. The van der Waals surface area contributed by atoms with Crippen LogP contribution >= 0.6 is 0 Å². The Morgan fingerprint density at radius 3 is 2.45 bits per heavy atom. The molecule has 33 heavy (non-hydrogen) atoms. The normalized spacial score (nSPS) is 15.8. The van der Waals surface area contributed by atoms with E-state index >= 15 is 0 Å². The summed E-state index contributed by atoms with van der Waals surface area (Å²) in [5.41, 5.74) is 3.79. The van der Waals surface area contributed by atoms with E-state index in [0.29, 0.717) is 5.56 Å². The number of amides is 2. The Hall–Kier alpha value is -2.71. The van der Waals surface area contributed by atoms with Gasteiger partial charge in [0.25, 0.3) is 5.91 Å². The van der Waals surface area contributed by atoms with Crippen LogP contribution in [0.1, 0.15) is 59.2 Å². The number of likely N-dealkylation sites (tertiary alicyclic amines) is 1. The van der Waals surface area contributed by atoms with Crippen molar-refractivity contribution in [3.63, 3.8) is 0 Å². The highest BCUT2D eigenvalue weighted by atomic mass is 32.2. The summed E-state index contributed by atoms with van der Waals surface area (Å²) in [7, 11) is -3.65. The Kier molecular flexibility index (Phi) is 7.45. The molecule has 0 spiro atoms. The maximum Gasteiger partial charge on any atom is 0.253 e. The molecule has 1 aliphatic heterocycles. The molecule has 0 unspecified atom stereocenters. The van der Waals surface area contributed by atoms with E-state index < -0.39 is 10.0 Å². The SMILES string of the molecule is O=C(CCNS(=O)(=O)c1ccc2c(c1)CCCC2)NCc1cccc(C(=O)N2CCCC2)c1. The van der Waals surface area contributed by atoms with Gasteiger partial charge in [0.15, 0.2) is 0 Å². The molecule has 8 heteroatoms. The predicted octanol–water partition coefficient (Wildman–Crippen LogP) is 2.79. The molecular formula is C25H31N3O4S. The number of sulfonamides is 1. The fraction of sp³-hybridized carbons (Fsp3) is 0.440. The van der Waals surface area contributed by atoms with Crippen molar-refractivity contribution in [3.8, 4) is 0 Å². The van der Waals surface area contributed by atoms with Crippen molar-refractivity contribution in [1.82, 2.24) is 14.9 Å². The first-order valence-corrected chi connectivity index (χ1v) is 13.2. The number of fused-ring (bicyclic) bond motifs is 1. The van der Waals surface area contributed by atoms with Crippen molar-refractivity contribution in [2.75, 3.05) is 19.6 Å². The molecule has 2 amide bonds. The number of hydrogen-bond acceptors (Lipinski definition) is 4. The monoisotopic (exact) mass is 469 g/mol. The number of benzene rings is 2. The zero-order chi connectivity index (χ0) is 23.3. The molecule has 0 atom stereocenters. The molecular weight excluding hydrogens is 438 g/mol. The van der Waals surface area contributed by atoms with Gasteiger partial charge in [-0.05, 0) is 79.5 Å². The van der Waals surface area contributed by atoms with Crippen molar-refractivity contribution < 1.29 is 18.0 Å². The van der Waals surface area contributed by atoms with Gasteiger partial charge in [-0.2, -0.15) is 0 Å². The first-order chi connectivity index (χ1) is 15.9. The van der Waals surface area contributed by atoms with E-state index in [1.165, 1.54) is 5.56 Å². The second-order valence-corrected chi connectivity index (χ2v) is 10.5. The maximum atomic E-state index is 12.6. The lowest BCUT2D eigenvalue weighted by molar-refractivity contribution is -0.121. The average Bonchev–Trinajstić information content (AvgIpc) is 3.37. The zero-order valence-corrected chi connectivity index (χ0v) is 19.6. The lowest BCUT2D eigenvalue weighted by Gasteiger charge is -2.17. The van der Waals surface area contributed by atoms with Gasteiger partial charge in [0.2, 0.25) is 15.9 Å². The second-order valence-electron chi connectivity index (χ2n) is 8.76. The van der Waals surface area contributed by atoms with E-state index in [2.05, 4.69) is 10.0 Å². The first-order valence-electron chi connectivity index (χ1n) is 11.7. The number of rotatable bonds is 8. The molecule has 7 nitrogen and oxygen atoms in total. The predicted molar refractivity (Wildman–Crippen MR) is 126 cm³/mol. The topological polar surface area (TPSA) is 95.6 Å². The summed E-state index contributed by atoms with van der Waals surface area (Å²) in [6.45, 7) is 1.90. The van der Waals surface area contributed by atoms with Crippen LogP contribution in [0.2, 0.25) is 0 Å². The third-order valence-electron chi connectivity index (χ3n) is 6.33. The molecule has 0 radical (unpaired) electrons. The van der Waals surface area contributed by atoms with Gasteiger partial charge >= 0.3 is 0 Å². The lowest BCUT2D eigenvalue weighted by atomic mass is 9.92. The summed E-state index contributed by atoms with van der Waals surface area (Å²) < 4.78 is 27.7. The van der Waals surface area contributed by atoms with Crippen LogP contribution in [0.5, 0.6) is 0 Å². The highest BCUT2D eigenvalue weighted by molar-refractivity contribution is 7.89. The van der Waals surface area contributed by atoms with Gasteiger partial charge in [0, 0.05) is 38.2 Å². The van der Waals surface area contributed by atoms with Crippen molar-refractivity contribution in [1.29, 1.82) is 0 Å². The van der Waals surface area contributed by atoms with E-state index in [4.69, 9.17) is 0 Å². The smallest absolute Gasteiger partial charge is 0.253 e. The van der Waals surface area contributed by atoms with Gasteiger partial charge in [0.05, 0.1) is 4.90 Å². The van der Waals surface area contributed by atoms with Gasteiger partial charge in [-0.1, -0.05) is 18.2 Å². The Labute approximate surface area is 195 Å². The molecule has 0 saturated carbocycles. The Balaban J connectivity index is 1.25. The number of carbonyl (C=O) groups is 2. The van der Waals surface area contributed by atoms with Crippen LogP contribution in [0.15, 0.2) is 47.4 Å². The zero-order valence-electron chi connectivity index (χ0n) is 18.8.